The fraction of sp³-hybridized carbons (Fsp3) is 0.435. The molecular weight excluding hydrogens is 449 g/mol. The van der Waals surface area contributed by atoms with Crippen LogP contribution in [0.4, 0.5) is 24.7 Å². The number of rotatable bonds is 6. The highest BCUT2D eigenvalue weighted by atomic mass is 19.4. The van der Waals surface area contributed by atoms with Gasteiger partial charge in [-0.1, -0.05) is 12.1 Å². The Morgan fingerprint density at radius 1 is 1.24 bits per heavy atom. The molecule has 1 aliphatic heterocycles. The van der Waals surface area contributed by atoms with Crippen molar-refractivity contribution in [3.05, 3.63) is 52.3 Å². The number of aliphatic hydroxyl groups excluding tert-OH is 1. The van der Waals surface area contributed by atoms with Crippen molar-refractivity contribution < 1.29 is 23.0 Å². The molecule has 1 saturated heterocycles. The third-order valence-electron chi connectivity index (χ3n) is 5.75. The Kier molecular flexibility index (Phi) is 6.76. The minimum Gasteiger partial charge on any atom is -0.390 e. The summed E-state index contributed by atoms with van der Waals surface area (Å²) in [4.78, 5) is 12.9. The summed E-state index contributed by atoms with van der Waals surface area (Å²) >= 11 is 0. The number of hydrogen-bond acceptors (Lipinski definition) is 6. The van der Waals surface area contributed by atoms with Crippen LogP contribution in [0, 0.1) is 6.92 Å². The lowest BCUT2D eigenvalue weighted by Gasteiger charge is -2.28. The van der Waals surface area contributed by atoms with E-state index in [1.54, 1.807) is 21.8 Å². The lowest BCUT2D eigenvalue weighted by molar-refractivity contribution is -0.138. The molecule has 0 aliphatic carbocycles. The maximum absolute atomic E-state index is 13.5. The standard InChI is InChI=1S/C23H27F3N6O2/c1-15-16(5-4-6-17(15)23(24,25)26)11-20-19(13-33)28-22-18(27-14-30(2)3)12-21(29-32(20)22)31-7-9-34-10-8-31/h4-6,12,14,33H,7-11,13H2,1-3H3. The summed E-state index contributed by atoms with van der Waals surface area (Å²) in [5.41, 5.74) is 1.81. The number of fused-ring (bicyclic) bond motifs is 1. The van der Waals surface area contributed by atoms with Crippen LogP contribution in [0.25, 0.3) is 5.65 Å². The number of aliphatic hydroxyl groups is 1. The molecule has 1 fully saturated rings. The zero-order valence-electron chi connectivity index (χ0n) is 19.3. The summed E-state index contributed by atoms with van der Waals surface area (Å²) in [5, 5.41) is 14.8. The van der Waals surface area contributed by atoms with Crippen molar-refractivity contribution >= 4 is 23.5 Å². The molecule has 2 aromatic heterocycles. The Balaban J connectivity index is 1.87. The first kappa shape index (κ1) is 24.0. The Bertz CT molecular complexity index is 1200. The van der Waals surface area contributed by atoms with E-state index < -0.39 is 11.7 Å². The fourth-order valence-electron chi connectivity index (χ4n) is 3.97. The SMILES string of the molecule is Cc1c(Cc2c(CO)nc3c(N=CN(C)C)cc(N4CCOCC4)nn23)cccc1C(F)(F)F. The number of morpholine rings is 1. The van der Waals surface area contributed by atoms with E-state index in [0.717, 1.165) is 6.07 Å². The molecule has 1 aromatic carbocycles. The molecule has 0 bridgehead atoms. The van der Waals surface area contributed by atoms with Crippen molar-refractivity contribution in [2.75, 3.05) is 45.3 Å². The van der Waals surface area contributed by atoms with Crippen molar-refractivity contribution in [3.8, 4) is 0 Å². The van der Waals surface area contributed by atoms with Crippen molar-refractivity contribution in [1.29, 1.82) is 0 Å². The van der Waals surface area contributed by atoms with Crippen molar-refractivity contribution in [3.63, 3.8) is 0 Å². The van der Waals surface area contributed by atoms with Crippen molar-refractivity contribution in [2.45, 2.75) is 26.1 Å². The van der Waals surface area contributed by atoms with Gasteiger partial charge in [-0.15, -0.1) is 5.10 Å². The monoisotopic (exact) mass is 476 g/mol. The Morgan fingerprint density at radius 2 is 1.97 bits per heavy atom. The molecule has 34 heavy (non-hydrogen) atoms. The second kappa shape index (κ2) is 9.59. The van der Waals surface area contributed by atoms with Gasteiger partial charge in [-0.2, -0.15) is 13.2 Å². The largest absolute Gasteiger partial charge is 0.416 e. The Morgan fingerprint density at radius 3 is 2.62 bits per heavy atom. The summed E-state index contributed by atoms with van der Waals surface area (Å²) in [6.45, 7) is 3.52. The van der Waals surface area contributed by atoms with E-state index in [9.17, 15) is 18.3 Å². The van der Waals surface area contributed by atoms with Gasteiger partial charge in [0.15, 0.2) is 11.5 Å². The molecule has 4 rings (SSSR count). The molecule has 0 radical (unpaired) electrons. The second-order valence-corrected chi connectivity index (χ2v) is 8.36. The molecule has 8 nitrogen and oxygen atoms in total. The van der Waals surface area contributed by atoms with Gasteiger partial charge < -0.3 is 19.6 Å². The lowest BCUT2D eigenvalue weighted by Crippen LogP contribution is -2.37. The minimum absolute atomic E-state index is 0.128. The first-order valence-electron chi connectivity index (χ1n) is 10.9. The average Bonchev–Trinajstić information content (AvgIpc) is 3.16. The predicted octanol–water partition coefficient (Wildman–Crippen LogP) is 3.20. The molecule has 0 amide bonds. The summed E-state index contributed by atoms with van der Waals surface area (Å²) in [6.07, 6.45) is -2.68. The molecule has 0 atom stereocenters. The van der Waals surface area contributed by atoms with E-state index in [1.165, 1.54) is 13.0 Å². The maximum atomic E-state index is 13.5. The Labute approximate surface area is 195 Å². The summed E-state index contributed by atoms with van der Waals surface area (Å²) < 4.78 is 47.4. The number of aromatic nitrogens is 3. The number of benzene rings is 1. The summed E-state index contributed by atoms with van der Waals surface area (Å²) in [7, 11) is 3.69. The van der Waals surface area contributed by atoms with Gasteiger partial charge >= 0.3 is 6.18 Å². The van der Waals surface area contributed by atoms with Crippen LogP contribution in [-0.4, -0.2) is 71.3 Å². The van der Waals surface area contributed by atoms with E-state index >= 15 is 0 Å². The Hall–Kier alpha value is -3.18. The zero-order chi connectivity index (χ0) is 24.5. The molecule has 1 N–H and O–H groups in total. The van der Waals surface area contributed by atoms with Crippen LogP contribution in [0.15, 0.2) is 29.3 Å². The number of aliphatic imine (C=N–C) groups is 1. The van der Waals surface area contributed by atoms with E-state index in [2.05, 4.69) is 14.9 Å². The van der Waals surface area contributed by atoms with E-state index in [-0.39, 0.29) is 18.6 Å². The number of hydrogen-bond donors (Lipinski definition) is 1. The second-order valence-electron chi connectivity index (χ2n) is 8.36. The van der Waals surface area contributed by atoms with Gasteiger partial charge in [0, 0.05) is 39.7 Å². The van der Waals surface area contributed by atoms with Gasteiger partial charge in [-0.3, -0.25) is 0 Å². The quantitative estimate of drug-likeness (QED) is 0.435. The smallest absolute Gasteiger partial charge is 0.390 e. The highest BCUT2D eigenvalue weighted by Crippen LogP contribution is 2.34. The molecule has 1 aliphatic rings. The lowest BCUT2D eigenvalue weighted by atomic mass is 9.98. The van der Waals surface area contributed by atoms with Crippen molar-refractivity contribution in [2.24, 2.45) is 4.99 Å². The first-order valence-corrected chi connectivity index (χ1v) is 10.9. The molecule has 0 saturated carbocycles. The molecule has 11 heteroatoms. The normalized spacial score (nSPS) is 15.0. The number of nitrogens with zero attached hydrogens (tertiary/aromatic N) is 6. The highest BCUT2D eigenvalue weighted by molar-refractivity contribution is 5.74. The topological polar surface area (TPSA) is 78.5 Å². The van der Waals surface area contributed by atoms with Crippen molar-refractivity contribution in [1.82, 2.24) is 19.5 Å². The summed E-state index contributed by atoms with van der Waals surface area (Å²) in [5.74, 6) is 0.658. The maximum Gasteiger partial charge on any atom is 0.416 e. The van der Waals surface area contributed by atoms with Gasteiger partial charge in [0.1, 0.15) is 5.69 Å². The van der Waals surface area contributed by atoms with Gasteiger partial charge in [-0.25, -0.2) is 14.5 Å². The predicted molar refractivity (Wildman–Crippen MR) is 123 cm³/mol. The van der Waals surface area contributed by atoms with Crippen LogP contribution in [0.5, 0.6) is 0 Å². The highest BCUT2D eigenvalue weighted by Gasteiger charge is 2.33. The third-order valence-corrected chi connectivity index (χ3v) is 5.75. The van der Waals surface area contributed by atoms with Crippen LogP contribution in [-0.2, 0) is 23.9 Å². The van der Waals surface area contributed by atoms with E-state index in [4.69, 9.17) is 9.84 Å². The van der Waals surface area contributed by atoms with Gasteiger partial charge in [0.2, 0.25) is 0 Å². The number of imidazole rings is 1. The van der Waals surface area contributed by atoms with Crippen LogP contribution < -0.4 is 4.90 Å². The van der Waals surface area contributed by atoms with Crippen LogP contribution >= 0.6 is 0 Å². The van der Waals surface area contributed by atoms with Crippen LogP contribution in [0.2, 0.25) is 0 Å². The zero-order valence-corrected chi connectivity index (χ0v) is 19.3. The first-order chi connectivity index (χ1) is 16.2. The number of alkyl halides is 3. The fourth-order valence-corrected chi connectivity index (χ4v) is 3.97. The molecule has 0 unspecified atom stereocenters. The number of ether oxygens (including phenoxy) is 1. The average molecular weight is 477 g/mol. The van der Waals surface area contributed by atoms with Gasteiger partial charge in [-0.05, 0) is 24.1 Å². The molecule has 182 valence electrons. The molecular formula is C23H27F3N6O2. The third kappa shape index (κ3) is 4.85. The minimum atomic E-state index is -4.45. The number of halogens is 3. The van der Waals surface area contributed by atoms with Gasteiger partial charge in [0.25, 0.3) is 0 Å². The number of anilines is 1. The molecule has 3 heterocycles. The molecule has 3 aromatic rings. The summed E-state index contributed by atoms with van der Waals surface area (Å²) in [6, 6.07) is 5.95. The van der Waals surface area contributed by atoms with Crippen LogP contribution in [0.3, 0.4) is 0 Å². The van der Waals surface area contributed by atoms with Gasteiger partial charge in [0.05, 0.1) is 43.1 Å². The molecule has 0 spiro atoms. The van der Waals surface area contributed by atoms with E-state index in [0.29, 0.717) is 60.4 Å². The van der Waals surface area contributed by atoms with Crippen LogP contribution in [0.1, 0.15) is 28.1 Å². The van der Waals surface area contributed by atoms with E-state index in [1.807, 2.05) is 20.2 Å².